The van der Waals surface area contributed by atoms with Gasteiger partial charge in [0.15, 0.2) is 0 Å². The van der Waals surface area contributed by atoms with E-state index in [2.05, 4.69) is 50.0 Å². The van der Waals surface area contributed by atoms with Crippen molar-refractivity contribution in [3.05, 3.63) is 51.5 Å². The molecule has 2 N–H and O–H groups in total. The Hall–Kier alpha value is -1.43. The summed E-state index contributed by atoms with van der Waals surface area (Å²) < 4.78 is 0. The number of nitrogens with zero attached hydrogens (tertiary/aromatic N) is 2. The summed E-state index contributed by atoms with van der Waals surface area (Å²) in [5.41, 5.74) is 8.08. The number of halogens is 1. The van der Waals surface area contributed by atoms with E-state index in [0.717, 1.165) is 28.7 Å². The topological polar surface area (TPSA) is 59.2 Å². The van der Waals surface area contributed by atoms with E-state index in [9.17, 15) is 4.79 Å². The molecule has 1 aliphatic rings. The van der Waals surface area contributed by atoms with Crippen molar-refractivity contribution in [2.45, 2.75) is 39.0 Å². The zero-order chi connectivity index (χ0) is 18.2. The molecule has 0 spiro atoms. The number of hydrogen-bond acceptors (Lipinski definition) is 4. The van der Waals surface area contributed by atoms with Crippen LogP contribution in [0.1, 0.15) is 52.6 Å². The summed E-state index contributed by atoms with van der Waals surface area (Å²) in [5.74, 6) is 0.717. The number of nitrogens with two attached hydrogens (primary N) is 1. The Morgan fingerprint density at radius 3 is 2.46 bits per heavy atom. The van der Waals surface area contributed by atoms with Crippen molar-refractivity contribution in [3.8, 4) is 0 Å². The molecule has 2 atom stereocenters. The predicted octanol–water partition coefficient (Wildman–Crippen LogP) is 3.99. The van der Waals surface area contributed by atoms with Crippen molar-refractivity contribution in [1.82, 2.24) is 9.88 Å². The molecule has 26 heavy (non-hydrogen) atoms. The summed E-state index contributed by atoms with van der Waals surface area (Å²) >= 11 is 1.53. The fourth-order valence-electron chi connectivity index (χ4n) is 3.41. The average Bonchev–Trinajstić information content (AvgIpc) is 3.18. The molecule has 1 fully saturated rings. The lowest BCUT2D eigenvalue weighted by Crippen LogP contribution is -2.29. The summed E-state index contributed by atoms with van der Waals surface area (Å²) in [6.45, 7) is 10.4. The van der Waals surface area contributed by atoms with Crippen LogP contribution in [0.25, 0.3) is 0 Å². The van der Waals surface area contributed by atoms with Gasteiger partial charge in [-0.1, -0.05) is 51.1 Å². The van der Waals surface area contributed by atoms with Crippen LogP contribution in [0.3, 0.4) is 0 Å². The maximum absolute atomic E-state index is 13.1. The molecule has 3 rings (SSSR count). The van der Waals surface area contributed by atoms with Gasteiger partial charge in [-0.05, 0) is 24.9 Å². The Bertz CT molecular complexity index is 754. The highest BCUT2D eigenvalue weighted by molar-refractivity contribution is 7.14. The zero-order valence-electron chi connectivity index (χ0n) is 15.9. The van der Waals surface area contributed by atoms with Crippen LogP contribution >= 0.6 is 23.7 Å². The van der Waals surface area contributed by atoms with Crippen LogP contribution in [-0.4, -0.2) is 35.4 Å². The van der Waals surface area contributed by atoms with Crippen molar-refractivity contribution in [3.63, 3.8) is 0 Å². The van der Waals surface area contributed by atoms with Gasteiger partial charge in [-0.3, -0.25) is 4.79 Å². The second kappa shape index (κ2) is 8.07. The summed E-state index contributed by atoms with van der Waals surface area (Å²) in [6.07, 6.45) is 0. The number of aryl methyl sites for hydroxylation is 1. The minimum atomic E-state index is -0.0364. The fourth-order valence-corrected chi connectivity index (χ4v) is 4.50. The molecule has 0 saturated carbocycles. The third-order valence-corrected chi connectivity index (χ3v) is 6.46. The van der Waals surface area contributed by atoms with E-state index in [1.807, 2.05) is 17.9 Å². The Labute approximate surface area is 166 Å². The Balaban J connectivity index is 0.00000243. The first kappa shape index (κ1) is 20.9. The third-order valence-electron chi connectivity index (χ3n) is 4.89. The molecule has 0 unspecified atom stereocenters. The Morgan fingerprint density at radius 2 is 1.92 bits per heavy atom. The second-order valence-corrected chi connectivity index (χ2v) is 8.91. The lowest BCUT2D eigenvalue weighted by molar-refractivity contribution is 0.0790. The van der Waals surface area contributed by atoms with Crippen molar-refractivity contribution in [2.75, 3.05) is 19.6 Å². The van der Waals surface area contributed by atoms with E-state index in [1.165, 1.54) is 16.9 Å². The SMILES string of the molecule is Cc1nc(C(C)(C)C)sc1C(=O)N1C[C@@H](CN)[C@H](c2ccccc2)C1.Cl. The molecule has 1 aromatic carbocycles. The van der Waals surface area contributed by atoms with E-state index < -0.39 is 0 Å². The van der Waals surface area contributed by atoms with Gasteiger partial charge in [0.1, 0.15) is 4.88 Å². The molecule has 142 valence electrons. The number of aromatic nitrogens is 1. The van der Waals surface area contributed by atoms with Gasteiger partial charge >= 0.3 is 0 Å². The summed E-state index contributed by atoms with van der Waals surface area (Å²) in [6, 6.07) is 10.4. The molecule has 2 heterocycles. The van der Waals surface area contributed by atoms with Gasteiger partial charge in [-0.2, -0.15) is 0 Å². The summed E-state index contributed by atoms with van der Waals surface area (Å²) in [7, 11) is 0. The molecule has 1 aromatic heterocycles. The number of carbonyl (C=O) groups is 1. The summed E-state index contributed by atoms with van der Waals surface area (Å²) in [5, 5.41) is 1.02. The number of likely N-dealkylation sites (tertiary alicyclic amines) is 1. The fraction of sp³-hybridized carbons (Fsp3) is 0.500. The molecule has 1 saturated heterocycles. The van der Waals surface area contributed by atoms with Crippen LogP contribution in [0, 0.1) is 12.8 Å². The minimum absolute atomic E-state index is 0. The lowest BCUT2D eigenvalue weighted by atomic mass is 9.89. The van der Waals surface area contributed by atoms with Gasteiger partial charge in [-0.15, -0.1) is 23.7 Å². The van der Waals surface area contributed by atoms with Crippen molar-refractivity contribution in [1.29, 1.82) is 0 Å². The standard InChI is InChI=1S/C20H27N3OS.ClH/c1-13-17(25-19(22-13)20(2,3)4)18(24)23-11-15(10-21)16(12-23)14-8-6-5-7-9-14;/h5-9,15-16H,10-12,21H2,1-4H3;1H/t15-,16+;/m1./s1. The number of carbonyl (C=O) groups excluding carboxylic acids is 1. The van der Waals surface area contributed by atoms with Crippen molar-refractivity contribution < 1.29 is 4.79 Å². The molecule has 4 nitrogen and oxygen atoms in total. The average molecular weight is 394 g/mol. The zero-order valence-corrected chi connectivity index (χ0v) is 17.5. The van der Waals surface area contributed by atoms with E-state index in [1.54, 1.807) is 0 Å². The molecule has 6 heteroatoms. The highest BCUT2D eigenvalue weighted by Gasteiger charge is 2.37. The van der Waals surface area contributed by atoms with Crippen LogP contribution in [0.15, 0.2) is 30.3 Å². The third kappa shape index (κ3) is 4.11. The highest BCUT2D eigenvalue weighted by atomic mass is 35.5. The first-order chi connectivity index (χ1) is 11.8. The molecular weight excluding hydrogens is 366 g/mol. The van der Waals surface area contributed by atoms with Crippen LogP contribution in [0.4, 0.5) is 0 Å². The molecule has 2 aromatic rings. The van der Waals surface area contributed by atoms with Crippen LogP contribution in [0.2, 0.25) is 0 Å². The number of amides is 1. The predicted molar refractivity (Wildman–Crippen MR) is 110 cm³/mol. The first-order valence-electron chi connectivity index (χ1n) is 8.83. The summed E-state index contributed by atoms with van der Waals surface area (Å²) in [4.78, 5) is 20.5. The van der Waals surface area contributed by atoms with Gasteiger partial charge in [0.05, 0.1) is 10.7 Å². The molecule has 0 aliphatic carbocycles. The largest absolute Gasteiger partial charge is 0.337 e. The Morgan fingerprint density at radius 1 is 1.27 bits per heavy atom. The number of benzene rings is 1. The molecular formula is C20H28ClN3OS. The van der Waals surface area contributed by atoms with E-state index in [4.69, 9.17) is 5.73 Å². The lowest BCUT2D eigenvalue weighted by Gasteiger charge is -2.16. The van der Waals surface area contributed by atoms with E-state index in [-0.39, 0.29) is 23.7 Å². The van der Waals surface area contributed by atoms with Gasteiger partial charge < -0.3 is 10.6 Å². The maximum atomic E-state index is 13.1. The first-order valence-corrected chi connectivity index (χ1v) is 9.65. The maximum Gasteiger partial charge on any atom is 0.265 e. The van der Waals surface area contributed by atoms with Crippen LogP contribution in [0.5, 0.6) is 0 Å². The van der Waals surface area contributed by atoms with Gasteiger partial charge in [0, 0.05) is 24.4 Å². The van der Waals surface area contributed by atoms with Gasteiger partial charge in [0.2, 0.25) is 0 Å². The van der Waals surface area contributed by atoms with Gasteiger partial charge in [-0.25, -0.2) is 4.98 Å². The van der Waals surface area contributed by atoms with Crippen LogP contribution < -0.4 is 5.73 Å². The highest BCUT2D eigenvalue weighted by Crippen LogP contribution is 2.35. The van der Waals surface area contributed by atoms with Crippen molar-refractivity contribution in [2.24, 2.45) is 11.7 Å². The second-order valence-electron chi connectivity index (χ2n) is 7.91. The molecule has 1 amide bonds. The monoisotopic (exact) mass is 393 g/mol. The number of hydrogen-bond donors (Lipinski definition) is 1. The van der Waals surface area contributed by atoms with E-state index >= 15 is 0 Å². The van der Waals surface area contributed by atoms with Crippen molar-refractivity contribution >= 4 is 29.7 Å². The number of thiazole rings is 1. The normalized spacial score (nSPS) is 20.1. The number of rotatable bonds is 3. The smallest absolute Gasteiger partial charge is 0.265 e. The molecule has 0 radical (unpaired) electrons. The van der Waals surface area contributed by atoms with Crippen LogP contribution in [-0.2, 0) is 5.41 Å². The Kier molecular flexibility index (Phi) is 6.48. The minimum Gasteiger partial charge on any atom is -0.337 e. The van der Waals surface area contributed by atoms with Gasteiger partial charge in [0.25, 0.3) is 5.91 Å². The molecule has 1 aliphatic heterocycles. The quantitative estimate of drug-likeness (QED) is 0.857. The van der Waals surface area contributed by atoms with E-state index in [0.29, 0.717) is 18.4 Å². The molecule has 0 bridgehead atoms.